The molecule has 2 atom stereocenters. The van der Waals surface area contributed by atoms with Gasteiger partial charge in [-0.25, -0.2) is 0 Å². The van der Waals surface area contributed by atoms with E-state index < -0.39 is 0 Å². The fourth-order valence-corrected chi connectivity index (χ4v) is 3.69. The van der Waals surface area contributed by atoms with E-state index in [4.69, 9.17) is 9.31 Å². The third-order valence-corrected chi connectivity index (χ3v) is 5.09. The van der Waals surface area contributed by atoms with Gasteiger partial charge in [-0.3, -0.25) is 4.90 Å². The summed E-state index contributed by atoms with van der Waals surface area (Å²) >= 11 is 0. The predicted molar refractivity (Wildman–Crippen MR) is 110 cm³/mol. The highest BCUT2D eigenvalue weighted by atomic mass is 16.6. The van der Waals surface area contributed by atoms with E-state index in [2.05, 4.69) is 78.7 Å². The summed E-state index contributed by atoms with van der Waals surface area (Å²) in [5, 5.41) is 0. The number of rotatable bonds is 3. The van der Waals surface area contributed by atoms with Gasteiger partial charge in [-0.2, -0.15) is 0 Å². The number of nitrogens with zero attached hydrogens (tertiary/aromatic N) is 1. The van der Waals surface area contributed by atoms with Crippen molar-refractivity contribution in [3.8, 4) is 0 Å². The fraction of sp³-hybridized carbons (Fsp3) is 0.217. The number of likely N-dealkylation sites (N-methyl/N-ethyl adjacent to an activating group) is 1. The highest BCUT2D eigenvalue weighted by Gasteiger charge is 2.36. The van der Waals surface area contributed by atoms with E-state index in [0.29, 0.717) is 6.61 Å². The van der Waals surface area contributed by atoms with Gasteiger partial charge < -0.3 is 9.31 Å². The van der Waals surface area contributed by atoms with Crippen molar-refractivity contribution < 1.29 is 9.31 Å². The average Bonchev–Trinajstić information content (AvgIpc) is 2.72. The molecule has 1 saturated heterocycles. The average molecular weight is 357 g/mol. The van der Waals surface area contributed by atoms with Crippen LogP contribution in [0.1, 0.15) is 23.3 Å². The third-order valence-electron chi connectivity index (χ3n) is 5.09. The summed E-state index contributed by atoms with van der Waals surface area (Å²) in [5.41, 5.74) is 3.46. The smallest absolute Gasteiger partial charge is 0.406 e. The lowest BCUT2D eigenvalue weighted by Crippen LogP contribution is -2.46. The van der Waals surface area contributed by atoms with Gasteiger partial charge in [0.1, 0.15) is 0 Å². The zero-order valence-corrected chi connectivity index (χ0v) is 15.6. The van der Waals surface area contributed by atoms with Crippen molar-refractivity contribution in [2.75, 3.05) is 20.2 Å². The molecule has 1 aliphatic rings. The van der Waals surface area contributed by atoms with Gasteiger partial charge in [-0.15, -0.1) is 0 Å². The quantitative estimate of drug-likeness (QED) is 0.665. The summed E-state index contributed by atoms with van der Waals surface area (Å²) in [4.78, 5) is 2.33. The number of hydrogen-bond donors (Lipinski definition) is 0. The Labute approximate surface area is 161 Å². The summed E-state index contributed by atoms with van der Waals surface area (Å²) in [6.45, 7) is 1.47. The Kier molecular flexibility index (Phi) is 5.68. The molecule has 3 nitrogen and oxygen atoms in total. The molecule has 0 N–H and O–H groups in total. The maximum Gasteiger partial charge on any atom is 0.494 e. The summed E-state index contributed by atoms with van der Waals surface area (Å²) in [7, 11) is 1.76. The summed E-state index contributed by atoms with van der Waals surface area (Å²) in [6.07, 6.45) is -0.135. The lowest BCUT2D eigenvalue weighted by Gasteiger charge is -2.39. The van der Waals surface area contributed by atoms with Crippen molar-refractivity contribution in [1.29, 1.82) is 0 Å². The number of benzene rings is 3. The first-order valence-corrected chi connectivity index (χ1v) is 9.45. The van der Waals surface area contributed by atoms with Crippen LogP contribution in [0, 0.1) is 0 Å². The van der Waals surface area contributed by atoms with Crippen molar-refractivity contribution in [2.45, 2.75) is 12.1 Å². The highest BCUT2D eigenvalue weighted by molar-refractivity contribution is 6.61. The van der Waals surface area contributed by atoms with Gasteiger partial charge in [0.05, 0.1) is 12.1 Å². The van der Waals surface area contributed by atoms with Crippen LogP contribution in [-0.4, -0.2) is 32.2 Å². The molecule has 4 heteroatoms. The molecule has 27 heavy (non-hydrogen) atoms. The van der Waals surface area contributed by atoms with E-state index in [1.165, 1.54) is 5.56 Å². The molecule has 0 radical (unpaired) electrons. The maximum atomic E-state index is 6.64. The Hall–Kier alpha value is -2.40. The lowest BCUT2D eigenvalue weighted by molar-refractivity contribution is 0.0259. The van der Waals surface area contributed by atoms with E-state index >= 15 is 0 Å². The zero-order valence-electron chi connectivity index (χ0n) is 15.6. The molecular weight excluding hydrogens is 333 g/mol. The largest absolute Gasteiger partial charge is 0.494 e. The molecule has 1 aliphatic heterocycles. The Bertz CT molecular complexity index is 829. The number of hydrogen-bond acceptors (Lipinski definition) is 3. The van der Waals surface area contributed by atoms with E-state index in [1.54, 1.807) is 0 Å². The second-order valence-electron chi connectivity index (χ2n) is 6.92. The highest BCUT2D eigenvalue weighted by Crippen LogP contribution is 2.37. The minimum absolute atomic E-state index is 0.115. The van der Waals surface area contributed by atoms with Crippen LogP contribution in [0.25, 0.3) is 0 Å². The summed E-state index contributed by atoms with van der Waals surface area (Å²) in [5.74, 6) is 0. The molecule has 4 rings (SSSR count). The summed E-state index contributed by atoms with van der Waals surface area (Å²) in [6, 6.07) is 31.4. The maximum absolute atomic E-state index is 6.64. The molecule has 3 aromatic carbocycles. The first-order chi connectivity index (χ1) is 13.3. The molecule has 0 saturated carbocycles. The minimum atomic E-state index is -0.378. The standard InChI is InChI=1S/C23H24BNO2/c1-25-17-18-26-24(21-15-9-4-10-16-21)27-23(20-13-7-3-8-14-20)22(25)19-11-5-2-6-12-19/h2-16,22-23H,17-18H2,1H3. The molecule has 0 aromatic heterocycles. The van der Waals surface area contributed by atoms with Crippen LogP contribution < -0.4 is 5.46 Å². The Morgan fingerprint density at radius 1 is 0.778 bits per heavy atom. The van der Waals surface area contributed by atoms with E-state index in [0.717, 1.165) is 17.6 Å². The van der Waals surface area contributed by atoms with Crippen molar-refractivity contribution in [2.24, 2.45) is 0 Å². The predicted octanol–water partition coefficient (Wildman–Crippen LogP) is 3.84. The topological polar surface area (TPSA) is 21.7 Å². The van der Waals surface area contributed by atoms with Crippen molar-refractivity contribution >= 4 is 12.6 Å². The molecule has 0 aliphatic carbocycles. The van der Waals surface area contributed by atoms with Crippen LogP contribution in [-0.2, 0) is 9.31 Å². The SMILES string of the molecule is CN1CCOB(c2ccccc2)OC(c2ccccc2)C1c1ccccc1. The van der Waals surface area contributed by atoms with Crippen molar-refractivity contribution in [3.63, 3.8) is 0 Å². The molecule has 1 heterocycles. The molecule has 136 valence electrons. The van der Waals surface area contributed by atoms with Gasteiger partial charge in [0.2, 0.25) is 0 Å². The van der Waals surface area contributed by atoms with Gasteiger partial charge in [0.15, 0.2) is 0 Å². The van der Waals surface area contributed by atoms with Crippen molar-refractivity contribution in [3.05, 3.63) is 102 Å². The van der Waals surface area contributed by atoms with Crippen LogP contribution in [0.2, 0.25) is 0 Å². The molecule has 3 aromatic rings. The molecule has 2 unspecified atom stereocenters. The van der Waals surface area contributed by atoms with Crippen LogP contribution in [0.5, 0.6) is 0 Å². The second kappa shape index (κ2) is 8.53. The Balaban J connectivity index is 1.75. The van der Waals surface area contributed by atoms with Crippen LogP contribution >= 0.6 is 0 Å². The molecular formula is C23H24BNO2. The van der Waals surface area contributed by atoms with Gasteiger partial charge in [-0.05, 0) is 23.6 Å². The van der Waals surface area contributed by atoms with Crippen LogP contribution in [0.4, 0.5) is 0 Å². The van der Waals surface area contributed by atoms with Gasteiger partial charge >= 0.3 is 7.12 Å². The van der Waals surface area contributed by atoms with E-state index in [-0.39, 0.29) is 19.3 Å². The normalized spacial score (nSPS) is 21.4. The van der Waals surface area contributed by atoms with Crippen LogP contribution in [0.15, 0.2) is 91.0 Å². The van der Waals surface area contributed by atoms with E-state index in [9.17, 15) is 0 Å². The van der Waals surface area contributed by atoms with Crippen molar-refractivity contribution in [1.82, 2.24) is 4.90 Å². The molecule has 0 amide bonds. The molecule has 0 bridgehead atoms. The van der Waals surface area contributed by atoms with Gasteiger partial charge in [-0.1, -0.05) is 91.0 Å². The summed E-state index contributed by atoms with van der Waals surface area (Å²) < 4.78 is 12.7. The van der Waals surface area contributed by atoms with Gasteiger partial charge in [0, 0.05) is 13.2 Å². The lowest BCUT2D eigenvalue weighted by atomic mass is 9.77. The third kappa shape index (κ3) is 4.14. The van der Waals surface area contributed by atoms with Crippen LogP contribution in [0.3, 0.4) is 0 Å². The molecule has 1 fully saturated rings. The van der Waals surface area contributed by atoms with E-state index in [1.807, 2.05) is 24.3 Å². The second-order valence-corrected chi connectivity index (χ2v) is 6.92. The first-order valence-electron chi connectivity index (χ1n) is 9.45. The fourth-order valence-electron chi connectivity index (χ4n) is 3.69. The Morgan fingerprint density at radius 2 is 1.33 bits per heavy atom. The monoisotopic (exact) mass is 357 g/mol. The minimum Gasteiger partial charge on any atom is -0.406 e. The molecule has 0 spiro atoms. The Morgan fingerprint density at radius 3 is 1.96 bits per heavy atom. The zero-order chi connectivity index (χ0) is 18.5. The first kappa shape index (κ1) is 18.0. The van der Waals surface area contributed by atoms with Gasteiger partial charge in [0.25, 0.3) is 0 Å².